The summed E-state index contributed by atoms with van der Waals surface area (Å²) in [6.07, 6.45) is 1.34. The summed E-state index contributed by atoms with van der Waals surface area (Å²) < 4.78 is 81.2. The number of aryl methyl sites for hydroxylation is 4. The lowest BCUT2D eigenvalue weighted by atomic mass is 9.82. The van der Waals surface area contributed by atoms with E-state index in [0.717, 1.165) is 11.1 Å². The number of hydrogen-bond acceptors (Lipinski definition) is 2. The molecular weight excluding hydrogens is 392 g/mol. The standard InChI is InChI=1S/C29H27N2O/c1-16-11-12-19-21-14-23-26(20-9-7-8-10-22(20)29(23,4)5)30-28(21)32-27(19)25(16)24-13-17(2)18(3)15-31(24)6/h7-15H,1-6H3/q+1/i2D3,3D3,4D3. The van der Waals surface area contributed by atoms with Gasteiger partial charge in [0.25, 0.3) is 0 Å². The van der Waals surface area contributed by atoms with E-state index < -0.39 is 26.0 Å². The maximum Gasteiger partial charge on any atom is 0.227 e. The Labute approximate surface area is 201 Å². The molecule has 0 saturated carbocycles. The predicted molar refractivity (Wildman–Crippen MR) is 130 cm³/mol. The third-order valence-electron chi connectivity index (χ3n) is 6.63. The quantitative estimate of drug-likeness (QED) is 0.278. The lowest BCUT2D eigenvalue weighted by molar-refractivity contribution is -0.660. The van der Waals surface area contributed by atoms with Gasteiger partial charge < -0.3 is 4.42 Å². The van der Waals surface area contributed by atoms with E-state index in [0.29, 0.717) is 50.1 Å². The molecule has 0 spiro atoms. The monoisotopic (exact) mass is 428 g/mol. The van der Waals surface area contributed by atoms with Crippen molar-refractivity contribution in [3.8, 4) is 22.5 Å². The lowest BCUT2D eigenvalue weighted by Crippen LogP contribution is -2.31. The van der Waals surface area contributed by atoms with Crippen LogP contribution in [0, 0.1) is 20.6 Å². The van der Waals surface area contributed by atoms with Crippen LogP contribution in [0.3, 0.4) is 0 Å². The van der Waals surface area contributed by atoms with Crippen LogP contribution in [0.4, 0.5) is 0 Å². The minimum atomic E-state index is -2.65. The Morgan fingerprint density at radius 2 is 1.81 bits per heavy atom. The number of furan rings is 1. The molecule has 5 aromatic rings. The Balaban J connectivity index is 1.67. The fraction of sp³-hybridized carbons (Fsp3) is 0.241. The zero-order chi connectivity index (χ0) is 29.9. The van der Waals surface area contributed by atoms with Gasteiger partial charge in [-0.25, -0.2) is 9.55 Å². The average Bonchev–Trinajstić information content (AvgIpc) is 3.35. The molecule has 3 heteroatoms. The summed E-state index contributed by atoms with van der Waals surface area (Å²) in [7, 11) is 1.67. The van der Waals surface area contributed by atoms with Crippen LogP contribution in [0.15, 0.2) is 59.1 Å². The van der Waals surface area contributed by atoms with Crippen LogP contribution in [0.25, 0.3) is 44.6 Å². The highest BCUT2D eigenvalue weighted by molar-refractivity contribution is 6.09. The molecule has 3 aromatic heterocycles. The van der Waals surface area contributed by atoms with Crippen LogP contribution in [0.2, 0.25) is 0 Å². The molecule has 0 fully saturated rings. The summed E-state index contributed by atoms with van der Waals surface area (Å²) in [6.45, 7) is -4.02. The van der Waals surface area contributed by atoms with E-state index >= 15 is 0 Å². The Hall–Kier alpha value is -3.46. The summed E-state index contributed by atoms with van der Waals surface area (Å²) in [5.74, 6) is 0. The molecule has 0 amide bonds. The Bertz CT molecular complexity index is 1900. The van der Waals surface area contributed by atoms with E-state index in [1.54, 1.807) is 18.5 Å². The van der Waals surface area contributed by atoms with Crippen molar-refractivity contribution in [1.29, 1.82) is 0 Å². The zero-order valence-electron chi connectivity index (χ0n) is 27.0. The van der Waals surface area contributed by atoms with Crippen LogP contribution in [-0.2, 0) is 12.5 Å². The smallest absolute Gasteiger partial charge is 0.227 e. The molecule has 32 heavy (non-hydrogen) atoms. The minimum Gasteiger partial charge on any atom is -0.437 e. The fourth-order valence-electron chi connectivity index (χ4n) is 4.94. The van der Waals surface area contributed by atoms with Crippen LogP contribution >= 0.6 is 0 Å². The van der Waals surface area contributed by atoms with Crippen LogP contribution < -0.4 is 4.57 Å². The van der Waals surface area contributed by atoms with Crippen molar-refractivity contribution in [1.82, 2.24) is 4.98 Å². The van der Waals surface area contributed by atoms with E-state index in [-0.39, 0.29) is 11.1 Å². The van der Waals surface area contributed by atoms with Crippen LogP contribution in [0.1, 0.15) is 53.9 Å². The van der Waals surface area contributed by atoms with Gasteiger partial charge in [-0.1, -0.05) is 50.2 Å². The first-order valence-corrected chi connectivity index (χ1v) is 10.5. The van der Waals surface area contributed by atoms with Gasteiger partial charge in [0.05, 0.1) is 11.3 Å². The van der Waals surface area contributed by atoms with Crippen molar-refractivity contribution in [3.05, 3.63) is 82.5 Å². The minimum absolute atomic E-state index is 0.237. The maximum absolute atomic E-state index is 8.44. The average molecular weight is 429 g/mol. The molecule has 1 atom stereocenters. The van der Waals surface area contributed by atoms with Crippen LogP contribution in [-0.4, -0.2) is 4.98 Å². The number of fused-ring (bicyclic) bond motifs is 6. The number of rotatable bonds is 1. The molecule has 0 N–H and O–H groups in total. The largest absolute Gasteiger partial charge is 0.437 e. The van der Waals surface area contributed by atoms with Crippen molar-refractivity contribution < 1.29 is 21.3 Å². The Morgan fingerprint density at radius 3 is 2.62 bits per heavy atom. The summed E-state index contributed by atoms with van der Waals surface area (Å²) in [4.78, 5) is 4.85. The highest BCUT2D eigenvalue weighted by Gasteiger charge is 2.37. The van der Waals surface area contributed by atoms with E-state index in [9.17, 15) is 0 Å². The highest BCUT2D eigenvalue weighted by Crippen LogP contribution is 2.49. The Kier molecular flexibility index (Phi) is 2.35. The Morgan fingerprint density at radius 1 is 0.969 bits per heavy atom. The van der Waals surface area contributed by atoms with Crippen molar-refractivity contribution in [2.75, 3.05) is 0 Å². The van der Waals surface area contributed by atoms with Gasteiger partial charge in [-0.2, -0.15) is 0 Å². The van der Waals surface area contributed by atoms with Gasteiger partial charge in [0.1, 0.15) is 7.05 Å². The van der Waals surface area contributed by atoms with E-state index in [2.05, 4.69) is 0 Å². The van der Waals surface area contributed by atoms with Gasteiger partial charge in [-0.3, -0.25) is 0 Å². The van der Waals surface area contributed by atoms with Gasteiger partial charge in [0.15, 0.2) is 11.8 Å². The molecule has 0 radical (unpaired) electrons. The second kappa shape index (κ2) is 6.29. The summed E-state index contributed by atoms with van der Waals surface area (Å²) in [6, 6.07) is 14.4. The van der Waals surface area contributed by atoms with Crippen molar-refractivity contribution in [3.63, 3.8) is 0 Å². The zero-order valence-corrected chi connectivity index (χ0v) is 18.0. The predicted octanol–water partition coefficient (Wildman–Crippen LogP) is 6.70. The molecule has 0 saturated heterocycles. The van der Waals surface area contributed by atoms with Crippen molar-refractivity contribution in [2.45, 2.75) is 39.8 Å². The number of pyridine rings is 2. The van der Waals surface area contributed by atoms with E-state index in [4.69, 9.17) is 21.7 Å². The SMILES string of the molecule is [2H]C([2H])([2H])c1cc(-c2c(C)ccc3c2oc2nc4c(cc23)C(C)(C([2H])([2H])[2H])c2ccccc2-4)[n+](C)cc1C([2H])([2H])[2H]. The maximum atomic E-state index is 8.44. The topological polar surface area (TPSA) is 29.9 Å². The summed E-state index contributed by atoms with van der Waals surface area (Å²) >= 11 is 0. The molecule has 2 aromatic carbocycles. The number of hydrogen-bond donors (Lipinski definition) is 0. The number of nitrogens with zero attached hydrogens (tertiary/aromatic N) is 2. The molecule has 3 heterocycles. The number of benzene rings is 2. The van der Waals surface area contributed by atoms with Gasteiger partial charge in [0.2, 0.25) is 11.4 Å². The molecule has 3 nitrogen and oxygen atoms in total. The van der Waals surface area contributed by atoms with Gasteiger partial charge in [-0.15, -0.1) is 0 Å². The van der Waals surface area contributed by atoms with Gasteiger partial charge in [0, 0.05) is 45.7 Å². The van der Waals surface area contributed by atoms with Crippen molar-refractivity contribution in [2.24, 2.45) is 7.05 Å². The molecule has 1 unspecified atom stereocenters. The summed E-state index contributed by atoms with van der Waals surface area (Å²) in [5, 5.41) is 1.33. The van der Waals surface area contributed by atoms with E-state index in [1.807, 2.05) is 49.4 Å². The number of aromatic nitrogens is 2. The molecule has 0 bridgehead atoms. The molecule has 1 aliphatic carbocycles. The normalized spacial score (nSPS) is 22.5. The first-order valence-electron chi connectivity index (χ1n) is 15.0. The molecule has 6 rings (SSSR count). The molecule has 0 aliphatic heterocycles. The fourth-order valence-corrected chi connectivity index (χ4v) is 4.94. The molecular formula is C29H27N2O+. The van der Waals surface area contributed by atoms with Crippen LogP contribution in [0.5, 0.6) is 0 Å². The molecule has 1 aliphatic rings. The second-order valence-electron chi connectivity index (χ2n) is 8.74. The third kappa shape index (κ3) is 2.42. The highest BCUT2D eigenvalue weighted by atomic mass is 16.3. The van der Waals surface area contributed by atoms with E-state index in [1.165, 1.54) is 12.3 Å². The first-order chi connectivity index (χ1) is 18.9. The summed E-state index contributed by atoms with van der Waals surface area (Å²) in [5.41, 5.74) is 3.46. The molecule has 158 valence electrons. The first kappa shape index (κ1) is 12.0. The lowest BCUT2D eigenvalue weighted by Gasteiger charge is -2.20. The second-order valence-corrected chi connectivity index (χ2v) is 8.74. The third-order valence-corrected chi connectivity index (χ3v) is 6.63. The van der Waals surface area contributed by atoms with Crippen molar-refractivity contribution >= 4 is 22.1 Å². The van der Waals surface area contributed by atoms with Gasteiger partial charge >= 0.3 is 0 Å². The van der Waals surface area contributed by atoms with Gasteiger partial charge in [-0.05, 0) is 48.9 Å².